The number of hydrogen-bond donors (Lipinski definition) is 1. The smallest absolute Gasteiger partial charge is 0.322 e. The van der Waals surface area contributed by atoms with Gasteiger partial charge in [-0.25, -0.2) is 0 Å². The van der Waals surface area contributed by atoms with Crippen LogP contribution in [0.4, 0.5) is 11.7 Å². The Morgan fingerprint density at radius 1 is 1.12 bits per heavy atom. The van der Waals surface area contributed by atoms with Gasteiger partial charge in [-0.2, -0.15) is 0 Å². The summed E-state index contributed by atoms with van der Waals surface area (Å²) in [5.41, 5.74) is 3.04. The number of anilines is 1. The second-order valence-corrected chi connectivity index (χ2v) is 5.49. The van der Waals surface area contributed by atoms with Crippen LogP contribution in [0.3, 0.4) is 0 Å². The van der Waals surface area contributed by atoms with Crippen LogP contribution in [-0.4, -0.2) is 21.0 Å². The maximum Gasteiger partial charge on any atom is 0.322 e. The number of benzene rings is 2. The van der Waals surface area contributed by atoms with E-state index in [1.165, 1.54) is 24.3 Å². The molecule has 8 heteroatoms. The van der Waals surface area contributed by atoms with E-state index in [9.17, 15) is 14.9 Å². The van der Waals surface area contributed by atoms with Gasteiger partial charge in [-0.3, -0.25) is 20.2 Å². The van der Waals surface area contributed by atoms with Crippen LogP contribution in [-0.2, 0) is 0 Å². The van der Waals surface area contributed by atoms with Crippen LogP contribution in [0.5, 0.6) is 0 Å². The van der Waals surface area contributed by atoms with Crippen LogP contribution in [0.1, 0.15) is 21.5 Å². The highest BCUT2D eigenvalue weighted by atomic mass is 16.6. The van der Waals surface area contributed by atoms with Crippen molar-refractivity contribution >= 4 is 17.6 Å². The lowest BCUT2D eigenvalue weighted by molar-refractivity contribution is -0.384. The monoisotopic (exact) mass is 338 g/mol. The molecule has 0 fully saturated rings. The molecule has 0 bridgehead atoms. The number of nitrogens with one attached hydrogen (secondary N) is 1. The number of hydrogen-bond acceptors (Lipinski definition) is 6. The summed E-state index contributed by atoms with van der Waals surface area (Å²) < 4.78 is 5.48. The van der Waals surface area contributed by atoms with E-state index >= 15 is 0 Å². The standard InChI is InChI=1S/C17H14N4O4/c1-10-3-8-14(11(2)9-10)16-19-20-17(25-16)18-15(22)12-4-6-13(7-5-12)21(23)24/h3-9H,1-2H3,(H,18,20,22). The van der Waals surface area contributed by atoms with Gasteiger partial charge in [0.1, 0.15) is 0 Å². The van der Waals surface area contributed by atoms with Crippen molar-refractivity contribution in [3.63, 3.8) is 0 Å². The lowest BCUT2D eigenvalue weighted by Crippen LogP contribution is -2.12. The summed E-state index contributed by atoms with van der Waals surface area (Å²) in [7, 11) is 0. The van der Waals surface area contributed by atoms with Gasteiger partial charge in [0.05, 0.1) is 4.92 Å². The fourth-order valence-electron chi connectivity index (χ4n) is 2.34. The van der Waals surface area contributed by atoms with Gasteiger partial charge in [-0.15, -0.1) is 5.10 Å². The Bertz CT molecular complexity index is 948. The summed E-state index contributed by atoms with van der Waals surface area (Å²) in [6.07, 6.45) is 0. The van der Waals surface area contributed by atoms with E-state index in [0.29, 0.717) is 5.89 Å². The fraction of sp³-hybridized carbons (Fsp3) is 0.118. The minimum absolute atomic E-state index is 0.0432. The number of nitro groups is 1. The molecule has 3 rings (SSSR count). The highest BCUT2D eigenvalue weighted by Crippen LogP contribution is 2.24. The number of aryl methyl sites for hydroxylation is 2. The van der Waals surface area contributed by atoms with Crippen molar-refractivity contribution in [3.8, 4) is 11.5 Å². The number of nitrogens with zero attached hydrogens (tertiary/aromatic N) is 3. The number of carbonyl (C=O) groups is 1. The largest absolute Gasteiger partial charge is 0.403 e. The average Bonchev–Trinajstić information content (AvgIpc) is 3.03. The first-order valence-corrected chi connectivity index (χ1v) is 7.41. The first-order chi connectivity index (χ1) is 11.9. The van der Waals surface area contributed by atoms with E-state index in [4.69, 9.17) is 4.42 Å². The summed E-state index contributed by atoms with van der Waals surface area (Å²) in [5.74, 6) is -0.192. The summed E-state index contributed by atoms with van der Waals surface area (Å²) in [5, 5.41) is 20.9. The molecule has 3 aromatic rings. The van der Waals surface area contributed by atoms with E-state index < -0.39 is 10.8 Å². The molecule has 126 valence electrons. The summed E-state index contributed by atoms with van der Waals surface area (Å²) in [6.45, 7) is 3.92. The summed E-state index contributed by atoms with van der Waals surface area (Å²) in [6, 6.07) is 11.0. The fourth-order valence-corrected chi connectivity index (χ4v) is 2.34. The van der Waals surface area contributed by atoms with Gasteiger partial charge in [0.2, 0.25) is 5.89 Å². The summed E-state index contributed by atoms with van der Waals surface area (Å²) >= 11 is 0. The molecule has 0 radical (unpaired) electrons. The number of aromatic nitrogens is 2. The van der Waals surface area contributed by atoms with Gasteiger partial charge < -0.3 is 4.42 Å². The molecule has 0 saturated heterocycles. The zero-order valence-electron chi connectivity index (χ0n) is 13.5. The molecule has 25 heavy (non-hydrogen) atoms. The van der Waals surface area contributed by atoms with Crippen molar-refractivity contribution in [2.24, 2.45) is 0 Å². The van der Waals surface area contributed by atoms with E-state index in [2.05, 4.69) is 15.5 Å². The molecule has 0 saturated carbocycles. The molecule has 1 heterocycles. The number of amides is 1. The maximum atomic E-state index is 12.1. The molecule has 8 nitrogen and oxygen atoms in total. The molecular formula is C17H14N4O4. The molecule has 2 aromatic carbocycles. The molecule has 0 aliphatic heterocycles. The quantitative estimate of drug-likeness (QED) is 0.575. The normalized spacial score (nSPS) is 10.5. The minimum Gasteiger partial charge on any atom is -0.403 e. The number of rotatable bonds is 4. The Morgan fingerprint density at radius 2 is 1.84 bits per heavy atom. The molecule has 0 spiro atoms. The Kier molecular flexibility index (Phi) is 4.25. The van der Waals surface area contributed by atoms with Crippen LogP contribution in [0.15, 0.2) is 46.9 Å². The zero-order chi connectivity index (χ0) is 18.0. The molecule has 0 aliphatic rings. The van der Waals surface area contributed by atoms with Crippen LogP contribution >= 0.6 is 0 Å². The average molecular weight is 338 g/mol. The van der Waals surface area contributed by atoms with Crippen LogP contribution in [0, 0.1) is 24.0 Å². The third-order valence-electron chi connectivity index (χ3n) is 3.60. The van der Waals surface area contributed by atoms with Crippen molar-refractivity contribution in [1.29, 1.82) is 0 Å². The van der Waals surface area contributed by atoms with Gasteiger partial charge in [-0.1, -0.05) is 22.8 Å². The molecule has 1 aromatic heterocycles. The van der Waals surface area contributed by atoms with Gasteiger partial charge in [0.25, 0.3) is 11.6 Å². The van der Waals surface area contributed by atoms with Crippen LogP contribution in [0.2, 0.25) is 0 Å². The van der Waals surface area contributed by atoms with Gasteiger partial charge >= 0.3 is 6.01 Å². The molecule has 0 unspecified atom stereocenters. The Balaban J connectivity index is 1.76. The second kappa shape index (κ2) is 6.52. The highest BCUT2D eigenvalue weighted by Gasteiger charge is 2.15. The molecule has 0 atom stereocenters. The number of carbonyl (C=O) groups excluding carboxylic acids is 1. The topological polar surface area (TPSA) is 111 Å². The second-order valence-electron chi connectivity index (χ2n) is 5.49. The van der Waals surface area contributed by atoms with Crippen molar-refractivity contribution in [3.05, 3.63) is 69.3 Å². The van der Waals surface area contributed by atoms with Crippen molar-refractivity contribution < 1.29 is 14.1 Å². The summed E-state index contributed by atoms with van der Waals surface area (Å²) in [4.78, 5) is 22.2. The zero-order valence-corrected chi connectivity index (χ0v) is 13.5. The predicted molar refractivity (Wildman–Crippen MR) is 90.3 cm³/mol. The third kappa shape index (κ3) is 3.52. The van der Waals surface area contributed by atoms with Gasteiger partial charge in [0.15, 0.2) is 0 Å². The molecule has 1 N–H and O–H groups in total. The third-order valence-corrected chi connectivity index (χ3v) is 3.60. The highest BCUT2D eigenvalue weighted by molar-refractivity contribution is 6.03. The van der Waals surface area contributed by atoms with E-state index in [1.807, 2.05) is 32.0 Å². The van der Waals surface area contributed by atoms with Crippen molar-refractivity contribution in [2.75, 3.05) is 5.32 Å². The first-order valence-electron chi connectivity index (χ1n) is 7.41. The van der Waals surface area contributed by atoms with Crippen molar-refractivity contribution in [1.82, 2.24) is 10.2 Å². The Labute approximate surface area is 142 Å². The molecule has 1 amide bonds. The number of nitro benzene ring substituents is 1. The van der Waals surface area contributed by atoms with Crippen molar-refractivity contribution in [2.45, 2.75) is 13.8 Å². The van der Waals surface area contributed by atoms with E-state index in [-0.39, 0.29) is 17.3 Å². The lowest BCUT2D eigenvalue weighted by atomic mass is 10.1. The van der Waals surface area contributed by atoms with E-state index in [1.54, 1.807) is 0 Å². The van der Waals surface area contributed by atoms with Crippen LogP contribution in [0.25, 0.3) is 11.5 Å². The minimum atomic E-state index is -0.532. The van der Waals surface area contributed by atoms with Gasteiger partial charge in [0, 0.05) is 23.3 Å². The molecular weight excluding hydrogens is 324 g/mol. The van der Waals surface area contributed by atoms with Gasteiger partial charge in [-0.05, 0) is 37.6 Å². The predicted octanol–water partition coefficient (Wildman–Crippen LogP) is 3.51. The van der Waals surface area contributed by atoms with E-state index in [0.717, 1.165) is 16.7 Å². The lowest BCUT2D eigenvalue weighted by Gasteiger charge is -2.02. The Hall–Kier alpha value is -3.55. The SMILES string of the molecule is Cc1ccc(-c2nnc(NC(=O)c3ccc([N+](=O)[O-])cc3)o2)c(C)c1. The van der Waals surface area contributed by atoms with Crippen LogP contribution < -0.4 is 5.32 Å². The number of non-ortho nitro benzene ring substituents is 1. The molecule has 0 aliphatic carbocycles. The Morgan fingerprint density at radius 3 is 2.48 bits per heavy atom. The first kappa shape index (κ1) is 16.3. The maximum absolute atomic E-state index is 12.1.